The second-order valence-electron chi connectivity index (χ2n) is 2.45. The lowest BCUT2D eigenvalue weighted by Crippen LogP contribution is -2.15. The van der Waals surface area contributed by atoms with Crippen LogP contribution in [-0.4, -0.2) is 45.4 Å². The molecule has 0 aliphatic carbocycles. The molecule has 0 heterocycles. The lowest BCUT2D eigenvalue weighted by molar-refractivity contribution is -0.113. The number of methoxy groups -OCH3 is 2. The van der Waals surface area contributed by atoms with Crippen molar-refractivity contribution in [3.63, 3.8) is 0 Å². The molecule has 0 saturated heterocycles. The fourth-order valence-electron chi connectivity index (χ4n) is 0.725. The van der Waals surface area contributed by atoms with E-state index in [0.29, 0.717) is 26.2 Å². The molecule has 0 aromatic rings. The van der Waals surface area contributed by atoms with Crippen molar-refractivity contribution < 1.29 is 19.3 Å². The zero-order valence-corrected chi connectivity index (χ0v) is 7.78. The van der Waals surface area contributed by atoms with Crippen LogP contribution < -0.4 is 0 Å². The van der Waals surface area contributed by atoms with Gasteiger partial charge < -0.3 is 19.3 Å². The zero-order valence-electron chi connectivity index (χ0n) is 7.78. The average Bonchev–Trinajstić information content (AvgIpc) is 2.09. The number of rotatable bonds is 8. The van der Waals surface area contributed by atoms with E-state index in [9.17, 15) is 0 Å². The molecule has 4 nitrogen and oxygen atoms in total. The summed E-state index contributed by atoms with van der Waals surface area (Å²) in [5, 5.41) is 9.14. The third-order valence-corrected chi connectivity index (χ3v) is 1.37. The van der Waals surface area contributed by atoms with Gasteiger partial charge in [-0.2, -0.15) is 0 Å². The Labute approximate surface area is 73.4 Å². The molecule has 0 amide bonds. The Balaban J connectivity index is 3.02. The molecule has 12 heavy (non-hydrogen) atoms. The number of aliphatic hydroxyl groups is 1. The smallest absolute Gasteiger partial charge is 0.156 e. The van der Waals surface area contributed by atoms with E-state index in [-0.39, 0.29) is 0 Å². The Morgan fingerprint density at radius 3 is 2.33 bits per heavy atom. The normalized spacial score (nSPS) is 13.2. The van der Waals surface area contributed by atoms with E-state index in [1.165, 1.54) is 0 Å². The maximum absolute atomic E-state index is 9.14. The maximum Gasteiger partial charge on any atom is 0.156 e. The highest BCUT2D eigenvalue weighted by Crippen LogP contribution is 1.95. The number of hydrogen-bond donors (Lipinski definition) is 1. The molecular weight excluding hydrogens is 160 g/mol. The van der Waals surface area contributed by atoms with E-state index in [2.05, 4.69) is 0 Å². The van der Waals surface area contributed by atoms with Gasteiger partial charge >= 0.3 is 0 Å². The summed E-state index contributed by atoms with van der Waals surface area (Å²) in [6.45, 7) is 1.71. The van der Waals surface area contributed by atoms with Crippen LogP contribution >= 0.6 is 0 Å². The molecule has 0 aromatic carbocycles. The first kappa shape index (κ1) is 11.8. The van der Waals surface area contributed by atoms with Crippen LogP contribution in [0.2, 0.25) is 0 Å². The molecule has 4 heteroatoms. The number of ether oxygens (including phenoxy) is 3. The van der Waals surface area contributed by atoms with Gasteiger partial charge in [-0.3, -0.25) is 0 Å². The lowest BCUT2D eigenvalue weighted by Gasteiger charge is -2.10. The van der Waals surface area contributed by atoms with Crippen molar-refractivity contribution in [1.29, 1.82) is 0 Å². The molecule has 0 spiro atoms. The summed E-state index contributed by atoms with van der Waals surface area (Å²) in [5.74, 6) is 0. The van der Waals surface area contributed by atoms with Gasteiger partial charge in [-0.15, -0.1) is 0 Å². The predicted molar refractivity (Wildman–Crippen MR) is 44.9 cm³/mol. The van der Waals surface area contributed by atoms with Gasteiger partial charge in [-0.1, -0.05) is 0 Å². The molecule has 0 aliphatic rings. The van der Waals surface area contributed by atoms with Crippen molar-refractivity contribution >= 4 is 0 Å². The van der Waals surface area contributed by atoms with Crippen molar-refractivity contribution in [2.75, 3.05) is 34.0 Å². The van der Waals surface area contributed by atoms with E-state index in [4.69, 9.17) is 19.3 Å². The molecule has 0 rings (SSSR count). The summed E-state index contributed by atoms with van der Waals surface area (Å²) >= 11 is 0. The van der Waals surface area contributed by atoms with Crippen molar-refractivity contribution in [1.82, 2.24) is 0 Å². The minimum atomic E-state index is -0.707. The van der Waals surface area contributed by atoms with Crippen molar-refractivity contribution in [3.8, 4) is 0 Å². The minimum Gasteiger partial charge on any atom is -0.385 e. The molecule has 0 fully saturated rings. The molecule has 0 aromatic heterocycles. The maximum atomic E-state index is 9.14. The van der Waals surface area contributed by atoms with Gasteiger partial charge in [0.1, 0.15) is 0 Å². The molecule has 1 atom stereocenters. The SMILES string of the molecule is COCCCOC(O)CCOC. The fourth-order valence-corrected chi connectivity index (χ4v) is 0.725. The summed E-state index contributed by atoms with van der Waals surface area (Å²) in [7, 11) is 3.24. The molecular formula is C8H18O4. The zero-order chi connectivity index (χ0) is 9.23. The molecule has 0 radical (unpaired) electrons. The highest BCUT2D eigenvalue weighted by atomic mass is 16.6. The molecule has 1 unspecified atom stereocenters. The van der Waals surface area contributed by atoms with Crippen LogP contribution in [0.1, 0.15) is 12.8 Å². The van der Waals surface area contributed by atoms with Crippen LogP contribution in [0.5, 0.6) is 0 Å². The highest BCUT2D eigenvalue weighted by Gasteiger charge is 2.01. The fraction of sp³-hybridized carbons (Fsp3) is 1.00. The van der Waals surface area contributed by atoms with Crippen LogP contribution in [-0.2, 0) is 14.2 Å². The Kier molecular flexibility index (Phi) is 8.81. The van der Waals surface area contributed by atoms with E-state index < -0.39 is 6.29 Å². The van der Waals surface area contributed by atoms with Gasteiger partial charge in [0, 0.05) is 27.2 Å². The molecule has 74 valence electrons. The largest absolute Gasteiger partial charge is 0.385 e. The second kappa shape index (κ2) is 8.93. The highest BCUT2D eigenvalue weighted by molar-refractivity contribution is 4.41. The number of aliphatic hydroxyl groups excluding tert-OH is 1. The molecule has 0 aliphatic heterocycles. The Bertz CT molecular complexity index is 87.1. The third-order valence-electron chi connectivity index (χ3n) is 1.37. The first-order valence-corrected chi connectivity index (χ1v) is 4.08. The Morgan fingerprint density at radius 1 is 1.08 bits per heavy atom. The second-order valence-corrected chi connectivity index (χ2v) is 2.45. The van der Waals surface area contributed by atoms with Crippen LogP contribution in [0, 0.1) is 0 Å². The Hall–Kier alpha value is -0.160. The summed E-state index contributed by atoms with van der Waals surface area (Å²) in [6, 6.07) is 0. The van der Waals surface area contributed by atoms with Crippen LogP contribution in [0.3, 0.4) is 0 Å². The van der Waals surface area contributed by atoms with E-state index in [0.717, 1.165) is 6.42 Å². The average molecular weight is 178 g/mol. The lowest BCUT2D eigenvalue weighted by atomic mass is 10.4. The van der Waals surface area contributed by atoms with E-state index in [1.807, 2.05) is 0 Å². The standard InChI is InChI=1S/C8H18O4/c1-10-5-3-6-12-8(9)4-7-11-2/h8-9H,3-7H2,1-2H3. The van der Waals surface area contributed by atoms with Crippen LogP contribution in [0.25, 0.3) is 0 Å². The van der Waals surface area contributed by atoms with Crippen molar-refractivity contribution in [2.24, 2.45) is 0 Å². The Morgan fingerprint density at radius 2 is 1.75 bits per heavy atom. The predicted octanol–water partition coefficient (Wildman–Crippen LogP) is 0.394. The topological polar surface area (TPSA) is 47.9 Å². The summed E-state index contributed by atoms with van der Waals surface area (Å²) in [5.41, 5.74) is 0. The van der Waals surface area contributed by atoms with Crippen LogP contribution in [0.4, 0.5) is 0 Å². The minimum absolute atomic E-state index is 0.517. The van der Waals surface area contributed by atoms with Gasteiger partial charge in [0.05, 0.1) is 13.2 Å². The summed E-state index contributed by atoms with van der Waals surface area (Å²) in [6.07, 6.45) is 0.617. The van der Waals surface area contributed by atoms with Crippen LogP contribution in [0.15, 0.2) is 0 Å². The van der Waals surface area contributed by atoms with Gasteiger partial charge in [0.25, 0.3) is 0 Å². The van der Waals surface area contributed by atoms with E-state index in [1.54, 1.807) is 14.2 Å². The van der Waals surface area contributed by atoms with Gasteiger partial charge in [-0.25, -0.2) is 0 Å². The summed E-state index contributed by atoms with van der Waals surface area (Å²) < 4.78 is 14.6. The quantitative estimate of drug-likeness (QED) is 0.431. The first-order valence-electron chi connectivity index (χ1n) is 4.08. The van der Waals surface area contributed by atoms with E-state index >= 15 is 0 Å². The monoisotopic (exact) mass is 178 g/mol. The number of hydrogen-bond acceptors (Lipinski definition) is 4. The van der Waals surface area contributed by atoms with Gasteiger partial charge in [-0.05, 0) is 6.42 Å². The third kappa shape index (κ3) is 7.94. The van der Waals surface area contributed by atoms with Crippen molar-refractivity contribution in [2.45, 2.75) is 19.1 Å². The molecule has 1 N–H and O–H groups in total. The summed E-state index contributed by atoms with van der Waals surface area (Å²) in [4.78, 5) is 0. The van der Waals surface area contributed by atoms with Gasteiger partial charge in [0.15, 0.2) is 6.29 Å². The molecule has 0 saturated carbocycles. The van der Waals surface area contributed by atoms with Gasteiger partial charge in [0.2, 0.25) is 0 Å². The molecule has 0 bridgehead atoms. The first-order chi connectivity index (χ1) is 5.81. The van der Waals surface area contributed by atoms with Crippen molar-refractivity contribution in [3.05, 3.63) is 0 Å².